The summed E-state index contributed by atoms with van der Waals surface area (Å²) in [4.78, 5) is 0. The van der Waals surface area contributed by atoms with E-state index < -0.39 is 6.61 Å². The molecule has 0 aliphatic carbocycles. The lowest BCUT2D eigenvalue weighted by atomic mass is 10.0. The Bertz CT molecular complexity index is 674. The van der Waals surface area contributed by atoms with Gasteiger partial charge >= 0.3 is 6.61 Å². The average molecular weight is 286 g/mol. The van der Waals surface area contributed by atoms with Gasteiger partial charge in [0.05, 0.1) is 11.3 Å². The molecule has 0 amide bonds. The Kier molecular flexibility index (Phi) is 4.52. The Morgan fingerprint density at radius 1 is 1.00 bits per heavy atom. The summed E-state index contributed by atoms with van der Waals surface area (Å²) in [6.45, 7) is -2.87. The van der Waals surface area contributed by atoms with E-state index in [4.69, 9.17) is 5.73 Å². The first-order chi connectivity index (χ1) is 10.1. The summed E-state index contributed by atoms with van der Waals surface area (Å²) in [5.74, 6) is 0.0415. The van der Waals surface area contributed by atoms with Gasteiger partial charge in [-0.15, -0.1) is 0 Å². The molecular formula is C16H12F2N2O. The van der Waals surface area contributed by atoms with Crippen LogP contribution in [0.3, 0.4) is 0 Å². The topological polar surface area (TPSA) is 59.0 Å². The molecule has 5 heteroatoms. The summed E-state index contributed by atoms with van der Waals surface area (Å²) in [5.41, 5.74) is 7.88. The molecule has 0 unspecified atom stereocenters. The average Bonchev–Trinajstić information content (AvgIpc) is 2.49. The number of allylic oxidation sites excluding steroid dienone is 1. The van der Waals surface area contributed by atoms with Crippen molar-refractivity contribution in [3.05, 3.63) is 65.7 Å². The molecule has 0 bridgehead atoms. The number of ether oxygens (including phenoxy) is 1. The zero-order chi connectivity index (χ0) is 15.2. The summed E-state index contributed by atoms with van der Waals surface area (Å²) in [5, 5.41) is 9.27. The maximum atomic E-state index is 12.1. The molecule has 0 heterocycles. The lowest BCUT2D eigenvalue weighted by Gasteiger charge is -2.08. The first-order valence-electron chi connectivity index (χ1n) is 6.12. The maximum absolute atomic E-state index is 12.1. The van der Waals surface area contributed by atoms with Gasteiger partial charge in [-0.25, -0.2) is 0 Å². The Morgan fingerprint density at radius 2 is 1.62 bits per heavy atom. The lowest BCUT2D eigenvalue weighted by molar-refractivity contribution is -0.0498. The van der Waals surface area contributed by atoms with E-state index >= 15 is 0 Å². The highest BCUT2D eigenvalue weighted by atomic mass is 19.3. The van der Waals surface area contributed by atoms with Crippen molar-refractivity contribution in [2.24, 2.45) is 5.73 Å². The number of halogens is 2. The third-order valence-corrected chi connectivity index (χ3v) is 2.83. The molecule has 2 aromatic rings. The summed E-state index contributed by atoms with van der Waals surface area (Å²) >= 11 is 0. The van der Waals surface area contributed by atoms with Gasteiger partial charge in [0.1, 0.15) is 11.8 Å². The number of benzene rings is 2. The largest absolute Gasteiger partial charge is 0.435 e. The maximum Gasteiger partial charge on any atom is 0.387 e. The second kappa shape index (κ2) is 6.53. The third-order valence-electron chi connectivity index (χ3n) is 2.83. The fourth-order valence-corrected chi connectivity index (χ4v) is 1.85. The number of nitrogens with two attached hydrogens (primary N) is 1. The van der Waals surface area contributed by atoms with E-state index in [1.165, 1.54) is 24.3 Å². The molecule has 0 saturated carbocycles. The molecular weight excluding hydrogens is 274 g/mol. The van der Waals surface area contributed by atoms with Crippen LogP contribution in [0.2, 0.25) is 0 Å². The molecule has 0 aromatic heterocycles. The standard InChI is InChI=1S/C16H12F2N2O/c17-16(18)21-13-8-6-12(7-9-13)15(20)14(10-19)11-4-2-1-3-5-11/h1-9,16H,20H2/b15-14-. The van der Waals surface area contributed by atoms with Crippen molar-refractivity contribution in [1.29, 1.82) is 5.26 Å². The fourth-order valence-electron chi connectivity index (χ4n) is 1.85. The number of nitrogens with zero attached hydrogens (tertiary/aromatic N) is 1. The first-order valence-corrected chi connectivity index (χ1v) is 6.12. The van der Waals surface area contributed by atoms with Gasteiger partial charge in [0.25, 0.3) is 0 Å². The fraction of sp³-hybridized carbons (Fsp3) is 0.0625. The molecule has 0 radical (unpaired) electrons. The normalized spacial score (nSPS) is 11.7. The SMILES string of the molecule is N#C/C(=C(/N)c1ccc(OC(F)F)cc1)c1ccccc1. The third kappa shape index (κ3) is 3.57. The summed E-state index contributed by atoms with van der Waals surface area (Å²) < 4.78 is 28.4. The molecule has 0 saturated heterocycles. The van der Waals surface area contributed by atoms with Gasteiger partial charge in [-0.3, -0.25) is 0 Å². The lowest BCUT2D eigenvalue weighted by Crippen LogP contribution is -2.03. The van der Waals surface area contributed by atoms with E-state index in [1.54, 1.807) is 24.3 Å². The molecule has 2 N–H and O–H groups in total. The van der Waals surface area contributed by atoms with Gasteiger partial charge in [0.15, 0.2) is 0 Å². The molecule has 3 nitrogen and oxygen atoms in total. The minimum absolute atomic E-state index is 0.0415. The highest BCUT2D eigenvalue weighted by Gasteiger charge is 2.09. The Labute approximate surface area is 120 Å². The van der Waals surface area contributed by atoms with Crippen LogP contribution in [-0.4, -0.2) is 6.61 Å². The van der Waals surface area contributed by atoms with Crippen molar-refractivity contribution in [2.45, 2.75) is 6.61 Å². The van der Waals surface area contributed by atoms with Crippen LogP contribution in [0.4, 0.5) is 8.78 Å². The van der Waals surface area contributed by atoms with Crippen LogP contribution in [0.25, 0.3) is 11.3 Å². The smallest absolute Gasteiger partial charge is 0.387 e. The van der Waals surface area contributed by atoms with Crippen molar-refractivity contribution < 1.29 is 13.5 Å². The van der Waals surface area contributed by atoms with E-state index in [1.807, 2.05) is 6.07 Å². The van der Waals surface area contributed by atoms with E-state index in [2.05, 4.69) is 10.8 Å². The zero-order valence-corrected chi connectivity index (χ0v) is 11.0. The van der Waals surface area contributed by atoms with Crippen LogP contribution in [-0.2, 0) is 0 Å². The van der Waals surface area contributed by atoms with Gasteiger partial charge in [-0.05, 0) is 35.4 Å². The molecule has 106 valence electrons. The Balaban J connectivity index is 2.35. The minimum Gasteiger partial charge on any atom is -0.435 e. The monoisotopic (exact) mass is 286 g/mol. The second-order valence-corrected chi connectivity index (χ2v) is 4.17. The number of rotatable bonds is 4. The number of hydrogen-bond acceptors (Lipinski definition) is 3. The van der Waals surface area contributed by atoms with Crippen LogP contribution < -0.4 is 10.5 Å². The molecule has 0 spiro atoms. The summed E-state index contributed by atoms with van der Waals surface area (Å²) in [6, 6.07) is 16.9. The highest BCUT2D eigenvalue weighted by Crippen LogP contribution is 2.24. The molecule has 0 aliphatic heterocycles. The predicted octanol–water partition coefficient (Wildman–Crippen LogP) is 3.64. The highest BCUT2D eigenvalue weighted by molar-refractivity contribution is 5.95. The van der Waals surface area contributed by atoms with Crippen molar-refractivity contribution in [3.8, 4) is 11.8 Å². The minimum atomic E-state index is -2.87. The zero-order valence-electron chi connectivity index (χ0n) is 11.0. The van der Waals surface area contributed by atoms with E-state index in [0.717, 1.165) is 0 Å². The number of nitriles is 1. The van der Waals surface area contributed by atoms with Crippen molar-refractivity contribution in [1.82, 2.24) is 0 Å². The molecule has 0 fully saturated rings. The van der Waals surface area contributed by atoms with E-state index in [-0.39, 0.29) is 11.4 Å². The summed E-state index contributed by atoms with van der Waals surface area (Å²) in [6.07, 6.45) is 0. The van der Waals surface area contributed by atoms with Gasteiger partial charge in [0, 0.05) is 0 Å². The predicted molar refractivity (Wildman–Crippen MR) is 76.1 cm³/mol. The number of alkyl halides is 2. The Morgan fingerprint density at radius 3 is 2.14 bits per heavy atom. The first kappa shape index (κ1) is 14.5. The number of hydrogen-bond donors (Lipinski definition) is 1. The van der Waals surface area contributed by atoms with Crippen LogP contribution in [0.5, 0.6) is 5.75 Å². The van der Waals surface area contributed by atoms with E-state index in [0.29, 0.717) is 16.7 Å². The van der Waals surface area contributed by atoms with Crippen LogP contribution in [0.1, 0.15) is 11.1 Å². The van der Waals surface area contributed by atoms with Gasteiger partial charge in [-0.1, -0.05) is 30.3 Å². The van der Waals surface area contributed by atoms with Crippen molar-refractivity contribution in [2.75, 3.05) is 0 Å². The quantitative estimate of drug-likeness (QED) is 0.689. The second-order valence-electron chi connectivity index (χ2n) is 4.17. The van der Waals surface area contributed by atoms with Crippen LogP contribution in [0.15, 0.2) is 54.6 Å². The molecule has 21 heavy (non-hydrogen) atoms. The Hall–Kier alpha value is -2.87. The molecule has 0 aliphatic rings. The van der Waals surface area contributed by atoms with Gasteiger partial charge in [0.2, 0.25) is 0 Å². The summed E-state index contributed by atoms with van der Waals surface area (Å²) in [7, 11) is 0. The van der Waals surface area contributed by atoms with Gasteiger partial charge < -0.3 is 10.5 Å². The van der Waals surface area contributed by atoms with E-state index in [9.17, 15) is 14.0 Å². The molecule has 2 rings (SSSR count). The van der Waals surface area contributed by atoms with Crippen molar-refractivity contribution >= 4 is 11.3 Å². The van der Waals surface area contributed by atoms with Crippen LogP contribution >= 0.6 is 0 Å². The molecule has 2 aromatic carbocycles. The molecule has 0 atom stereocenters. The van der Waals surface area contributed by atoms with Crippen LogP contribution in [0, 0.1) is 11.3 Å². The van der Waals surface area contributed by atoms with Gasteiger partial charge in [-0.2, -0.15) is 14.0 Å². The van der Waals surface area contributed by atoms with Crippen molar-refractivity contribution in [3.63, 3.8) is 0 Å².